The third-order valence-electron chi connectivity index (χ3n) is 2.60. The van der Waals surface area contributed by atoms with Crippen molar-refractivity contribution in [1.82, 2.24) is 15.3 Å². The van der Waals surface area contributed by atoms with Gasteiger partial charge in [-0.3, -0.25) is 14.9 Å². The number of hydrogen-bond donors (Lipinski definition) is 2. The van der Waals surface area contributed by atoms with E-state index in [1.165, 1.54) is 17.4 Å². The highest BCUT2D eigenvalue weighted by Gasteiger charge is 2.21. The first-order valence-corrected chi connectivity index (χ1v) is 7.09. The van der Waals surface area contributed by atoms with E-state index < -0.39 is 10.8 Å². The zero-order valence-electron chi connectivity index (χ0n) is 11.2. The molecule has 0 bridgehead atoms. The Bertz CT molecular complexity index is 644. The molecule has 0 radical (unpaired) electrons. The van der Waals surface area contributed by atoms with Gasteiger partial charge in [-0.1, -0.05) is 0 Å². The first-order valence-electron chi connectivity index (χ1n) is 6.15. The summed E-state index contributed by atoms with van der Waals surface area (Å²) in [5.41, 5.74) is 2.00. The number of nitrogens with zero attached hydrogens (tertiary/aromatic N) is 3. The monoisotopic (exact) mass is 307 g/mol. The van der Waals surface area contributed by atoms with Gasteiger partial charge >= 0.3 is 0 Å². The summed E-state index contributed by atoms with van der Waals surface area (Å²) in [6, 6.07) is 1.37. The maximum absolute atomic E-state index is 12.1. The van der Waals surface area contributed by atoms with E-state index in [1.54, 1.807) is 10.9 Å². The van der Waals surface area contributed by atoms with Crippen LogP contribution in [0, 0.1) is 10.1 Å². The molecule has 2 heterocycles. The molecule has 1 amide bonds. The fraction of sp³-hybridized carbons (Fsp3) is 0.250. The molecule has 2 aromatic rings. The number of hydrogen-bond acceptors (Lipinski definition) is 7. The number of anilines is 1. The van der Waals surface area contributed by atoms with Crippen LogP contribution in [0.2, 0.25) is 0 Å². The number of nitro groups is 1. The molecule has 0 aromatic carbocycles. The SMILES string of the molecule is CCNc1cc(C(=O)NCc2cscn2)c([N+](=O)[O-])cn1. The van der Waals surface area contributed by atoms with E-state index in [0.29, 0.717) is 18.1 Å². The fourth-order valence-corrected chi connectivity index (χ4v) is 2.20. The molecule has 8 nitrogen and oxygen atoms in total. The van der Waals surface area contributed by atoms with Crippen LogP contribution in [0.1, 0.15) is 23.0 Å². The van der Waals surface area contributed by atoms with Gasteiger partial charge in [-0.2, -0.15) is 0 Å². The van der Waals surface area contributed by atoms with Crippen LogP contribution in [0.25, 0.3) is 0 Å². The third-order valence-corrected chi connectivity index (χ3v) is 3.23. The molecule has 110 valence electrons. The van der Waals surface area contributed by atoms with Crippen molar-refractivity contribution in [1.29, 1.82) is 0 Å². The molecule has 0 spiro atoms. The van der Waals surface area contributed by atoms with Gasteiger partial charge in [-0.05, 0) is 6.92 Å². The van der Waals surface area contributed by atoms with Crippen molar-refractivity contribution < 1.29 is 9.72 Å². The zero-order chi connectivity index (χ0) is 15.2. The maximum atomic E-state index is 12.1. The van der Waals surface area contributed by atoms with Gasteiger partial charge < -0.3 is 10.6 Å². The van der Waals surface area contributed by atoms with Gasteiger partial charge in [-0.15, -0.1) is 11.3 Å². The van der Waals surface area contributed by atoms with Crippen LogP contribution in [0.4, 0.5) is 11.5 Å². The molecule has 9 heteroatoms. The predicted octanol–water partition coefficient (Wildman–Crippen LogP) is 1.81. The smallest absolute Gasteiger partial charge is 0.300 e. The van der Waals surface area contributed by atoms with E-state index in [9.17, 15) is 14.9 Å². The summed E-state index contributed by atoms with van der Waals surface area (Å²) in [5.74, 6) is -0.113. The molecule has 0 aliphatic heterocycles. The average Bonchev–Trinajstić information content (AvgIpc) is 2.98. The largest absolute Gasteiger partial charge is 0.370 e. The van der Waals surface area contributed by atoms with Crippen LogP contribution in [0.5, 0.6) is 0 Å². The molecule has 0 saturated carbocycles. The number of amides is 1. The highest BCUT2D eigenvalue weighted by molar-refractivity contribution is 7.07. The Hall–Kier alpha value is -2.55. The topological polar surface area (TPSA) is 110 Å². The lowest BCUT2D eigenvalue weighted by atomic mass is 10.2. The molecular weight excluding hydrogens is 294 g/mol. The molecule has 0 atom stereocenters. The molecule has 21 heavy (non-hydrogen) atoms. The maximum Gasteiger partial charge on any atom is 0.300 e. The number of rotatable bonds is 6. The Kier molecular flexibility index (Phi) is 4.77. The normalized spacial score (nSPS) is 10.1. The Morgan fingerprint density at radius 3 is 2.90 bits per heavy atom. The van der Waals surface area contributed by atoms with Gasteiger partial charge in [0.1, 0.15) is 17.6 Å². The number of carbonyl (C=O) groups excluding carboxylic acids is 1. The number of aromatic nitrogens is 2. The van der Waals surface area contributed by atoms with E-state index in [4.69, 9.17) is 0 Å². The van der Waals surface area contributed by atoms with E-state index in [-0.39, 0.29) is 17.8 Å². The summed E-state index contributed by atoms with van der Waals surface area (Å²) in [6.07, 6.45) is 1.08. The van der Waals surface area contributed by atoms with Crippen molar-refractivity contribution in [2.45, 2.75) is 13.5 Å². The summed E-state index contributed by atoms with van der Waals surface area (Å²) in [5, 5.41) is 18.3. The van der Waals surface area contributed by atoms with Crippen LogP contribution >= 0.6 is 11.3 Å². The van der Waals surface area contributed by atoms with Gasteiger partial charge in [-0.25, -0.2) is 9.97 Å². The minimum Gasteiger partial charge on any atom is -0.370 e. The van der Waals surface area contributed by atoms with Crippen molar-refractivity contribution in [3.8, 4) is 0 Å². The van der Waals surface area contributed by atoms with Gasteiger partial charge in [0.25, 0.3) is 11.6 Å². The van der Waals surface area contributed by atoms with E-state index in [2.05, 4.69) is 20.6 Å². The lowest BCUT2D eigenvalue weighted by Crippen LogP contribution is -2.24. The molecule has 2 N–H and O–H groups in total. The summed E-state index contributed by atoms with van der Waals surface area (Å²) in [6.45, 7) is 2.69. The van der Waals surface area contributed by atoms with Crippen LogP contribution in [-0.4, -0.2) is 27.3 Å². The molecule has 2 rings (SSSR count). The lowest BCUT2D eigenvalue weighted by molar-refractivity contribution is -0.385. The number of pyridine rings is 1. The van der Waals surface area contributed by atoms with Crippen LogP contribution in [0.3, 0.4) is 0 Å². The van der Waals surface area contributed by atoms with Gasteiger partial charge in [0.2, 0.25) is 0 Å². The second-order valence-corrected chi connectivity index (χ2v) is 4.76. The molecule has 2 aromatic heterocycles. The minimum absolute atomic E-state index is 0.0267. The fourth-order valence-electron chi connectivity index (χ4n) is 1.64. The molecule has 0 aliphatic carbocycles. The Morgan fingerprint density at radius 1 is 1.48 bits per heavy atom. The Balaban J connectivity index is 2.20. The summed E-state index contributed by atoms with van der Waals surface area (Å²) >= 11 is 1.41. The van der Waals surface area contributed by atoms with Crippen molar-refractivity contribution >= 4 is 28.7 Å². The summed E-state index contributed by atoms with van der Waals surface area (Å²) in [4.78, 5) is 30.4. The molecule has 0 unspecified atom stereocenters. The lowest BCUT2D eigenvalue weighted by Gasteiger charge is -2.07. The predicted molar refractivity (Wildman–Crippen MR) is 78.3 cm³/mol. The number of carbonyl (C=O) groups is 1. The molecule has 0 aliphatic rings. The Labute approximate surface area is 124 Å². The average molecular weight is 307 g/mol. The minimum atomic E-state index is -0.625. The molecule has 0 fully saturated rings. The van der Waals surface area contributed by atoms with Crippen LogP contribution < -0.4 is 10.6 Å². The quantitative estimate of drug-likeness (QED) is 0.622. The summed E-state index contributed by atoms with van der Waals surface area (Å²) in [7, 11) is 0. The molecule has 0 saturated heterocycles. The number of nitrogens with one attached hydrogen (secondary N) is 2. The first-order chi connectivity index (χ1) is 10.1. The second-order valence-electron chi connectivity index (χ2n) is 4.04. The second kappa shape index (κ2) is 6.75. The van der Waals surface area contributed by atoms with Crippen molar-refractivity contribution in [2.24, 2.45) is 0 Å². The third kappa shape index (κ3) is 3.72. The van der Waals surface area contributed by atoms with E-state index in [1.807, 2.05) is 6.92 Å². The Morgan fingerprint density at radius 2 is 2.29 bits per heavy atom. The number of thiazole rings is 1. The van der Waals surface area contributed by atoms with E-state index in [0.717, 1.165) is 6.20 Å². The van der Waals surface area contributed by atoms with Gasteiger partial charge in [0.05, 0.1) is 22.7 Å². The van der Waals surface area contributed by atoms with Crippen LogP contribution in [-0.2, 0) is 6.54 Å². The van der Waals surface area contributed by atoms with E-state index >= 15 is 0 Å². The van der Waals surface area contributed by atoms with Crippen molar-refractivity contribution in [3.63, 3.8) is 0 Å². The van der Waals surface area contributed by atoms with Crippen LogP contribution in [0.15, 0.2) is 23.2 Å². The highest BCUT2D eigenvalue weighted by Crippen LogP contribution is 2.20. The first kappa shape index (κ1) is 14.9. The van der Waals surface area contributed by atoms with Crippen molar-refractivity contribution in [2.75, 3.05) is 11.9 Å². The zero-order valence-corrected chi connectivity index (χ0v) is 12.0. The highest BCUT2D eigenvalue weighted by atomic mass is 32.1. The van der Waals surface area contributed by atoms with Gasteiger partial charge in [0, 0.05) is 18.0 Å². The standard InChI is InChI=1S/C12H13N5O3S/c1-2-13-11-3-9(10(5-14-11)17(19)20)12(18)15-4-8-6-21-7-16-8/h3,5-7H,2,4H2,1H3,(H,13,14)(H,15,18). The molecular formula is C12H13N5O3S. The van der Waals surface area contributed by atoms with Crippen molar-refractivity contribution in [3.05, 3.63) is 44.5 Å². The van der Waals surface area contributed by atoms with Gasteiger partial charge in [0.15, 0.2) is 0 Å². The summed E-state index contributed by atoms with van der Waals surface area (Å²) < 4.78 is 0.